The van der Waals surface area contributed by atoms with E-state index in [2.05, 4.69) is 11.6 Å². The van der Waals surface area contributed by atoms with Crippen LogP contribution in [0, 0.1) is 17.6 Å². The van der Waals surface area contributed by atoms with Crippen LogP contribution < -0.4 is 4.72 Å². The first-order valence-electron chi connectivity index (χ1n) is 8.68. The highest BCUT2D eigenvalue weighted by atomic mass is 32.2. The van der Waals surface area contributed by atoms with Gasteiger partial charge in [-0.05, 0) is 61.2 Å². The highest BCUT2D eigenvalue weighted by Gasteiger charge is 2.28. The summed E-state index contributed by atoms with van der Waals surface area (Å²) in [6.45, 7) is 2.96. The molecule has 1 N–H and O–H groups in total. The molecule has 0 aliphatic carbocycles. The topological polar surface area (TPSA) is 83.6 Å². The fraction of sp³-hybridized carbons (Fsp3) is 0.333. The Morgan fingerprint density at radius 3 is 2.18 bits per heavy atom. The Balaban J connectivity index is 1.80. The van der Waals surface area contributed by atoms with Gasteiger partial charge in [0.25, 0.3) is 10.0 Å². The van der Waals surface area contributed by atoms with E-state index in [1.54, 1.807) is 0 Å². The molecule has 28 heavy (non-hydrogen) atoms. The Hall–Kier alpha value is -2.04. The summed E-state index contributed by atoms with van der Waals surface area (Å²) in [6.07, 6.45) is 1.58. The highest BCUT2D eigenvalue weighted by Crippen LogP contribution is 2.25. The Morgan fingerprint density at radius 2 is 1.57 bits per heavy atom. The SMILES string of the molecule is CC1CCN(S(=O)(=O)c2ccc(NS(=O)(=O)c3cc(F)ccc3F)cc2)CC1. The maximum Gasteiger partial charge on any atom is 0.264 e. The lowest BCUT2D eigenvalue weighted by Gasteiger charge is -2.29. The van der Waals surface area contributed by atoms with Gasteiger partial charge < -0.3 is 0 Å². The van der Waals surface area contributed by atoms with Gasteiger partial charge in [0, 0.05) is 18.8 Å². The molecule has 2 aromatic rings. The molecule has 1 fully saturated rings. The summed E-state index contributed by atoms with van der Waals surface area (Å²) in [5, 5.41) is 0. The molecule has 2 aromatic carbocycles. The number of benzene rings is 2. The molecule has 1 aliphatic rings. The Bertz CT molecular complexity index is 1060. The van der Waals surface area contributed by atoms with Crippen molar-refractivity contribution in [2.45, 2.75) is 29.6 Å². The predicted octanol–water partition coefficient (Wildman–Crippen LogP) is 3.19. The summed E-state index contributed by atoms with van der Waals surface area (Å²) < 4.78 is 80.5. The third kappa shape index (κ3) is 4.34. The van der Waals surface area contributed by atoms with E-state index in [0.717, 1.165) is 25.0 Å². The van der Waals surface area contributed by atoms with Gasteiger partial charge in [-0.25, -0.2) is 25.6 Å². The quantitative estimate of drug-likeness (QED) is 0.790. The van der Waals surface area contributed by atoms with Gasteiger partial charge >= 0.3 is 0 Å². The maximum atomic E-state index is 13.8. The van der Waals surface area contributed by atoms with Crippen molar-refractivity contribution in [2.75, 3.05) is 17.8 Å². The number of hydrogen-bond acceptors (Lipinski definition) is 4. The van der Waals surface area contributed by atoms with E-state index in [1.165, 1.54) is 28.6 Å². The van der Waals surface area contributed by atoms with E-state index in [-0.39, 0.29) is 10.6 Å². The third-order valence-electron chi connectivity index (χ3n) is 4.67. The van der Waals surface area contributed by atoms with Crippen molar-refractivity contribution in [1.82, 2.24) is 4.31 Å². The van der Waals surface area contributed by atoms with E-state index in [1.807, 2.05) is 0 Å². The Kier molecular flexibility index (Phi) is 5.74. The second kappa shape index (κ2) is 7.76. The van der Waals surface area contributed by atoms with Crippen LogP contribution in [0.4, 0.5) is 14.5 Å². The largest absolute Gasteiger partial charge is 0.280 e. The van der Waals surface area contributed by atoms with Crippen molar-refractivity contribution >= 4 is 25.7 Å². The first-order chi connectivity index (χ1) is 13.1. The summed E-state index contributed by atoms with van der Waals surface area (Å²) in [6, 6.07) is 7.23. The minimum absolute atomic E-state index is 0.0369. The lowest BCUT2D eigenvalue weighted by atomic mass is 10.0. The molecular weight excluding hydrogens is 410 g/mol. The molecule has 0 aromatic heterocycles. The predicted molar refractivity (Wildman–Crippen MR) is 101 cm³/mol. The molecule has 1 aliphatic heterocycles. The monoisotopic (exact) mass is 430 g/mol. The average molecular weight is 430 g/mol. The minimum atomic E-state index is -4.37. The average Bonchev–Trinajstić information content (AvgIpc) is 2.64. The number of nitrogens with zero attached hydrogens (tertiary/aromatic N) is 1. The fourth-order valence-electron chi connectivity index (χ4n) is 2.96. The molecule has 6 nitrogen and oxygen atoms in total. The van der Waals surface area contributed by atoms with Gasteiger partial charge in [0.2, 0.25) is 10.0 Å². The molecule has 10 heteroatoms. The molecule has 0 atom stereocenters. The summed E-state index contributed by atoms with van der Waals surface area (Å²) in [5.74, 6) is -1.50. The summed E-state index contributed by atoms with van der Waals surface area (Å²) in [4.78, 5) is -0.784. The van der Waals surface area contributed by atoms with Crippen LogP contribution in [0.5, 0.6) is 0 Å². The van der Waals surface area contributed by atoms with Crippen molar-refractivity contribution in [2.24, 2.45) is 5.92 Å². The van der Waals surface area contributed by atoms with Gasteiger partial charge in [0.05, 0.1) is 4.90 Å². The van der Waals surface area contributed by atoms with Crippen LogP contribution in [0.15, 0.2) is 52.3 Å². The molecule has 0 radical (unpaired) electrons. The first kappa shape index (κ1) is 20.7. The lowest BCUT2D eigenvalue weighted by Crippen LogP contribution is -2.37. The second-order valence-electron chi connectivity index (χ2n) is 6.79. The summed E-state index contributed by atoms with van der Waals surface area (Å²) in [5.41, 5.74) is 0.0369. The van der Waals surface area contributed by atoms with E-state index < -0.39 is 36.6 Å². The van der Waals surface area contributed by atoms with Crippen LogP contribution in [0.1, 0.15) is 19.8 Å². The Labute approximate surface area is 163 Å². The molecule has 0 unspecified atom stereocenters. The van der Waals surface area contributed by atoms with Crippen molar-refractivity contribution in [3.8, 4) is 0 Å². The molecular formula is C18H20F2N2O4S2. The van der Waals surface area contributed by atoms with Gasteiger partial charge in [0.1, 0.15) is 16.5 Å². The zero-order chi connectivity index (χ0) is 20.5. The van der Waals surface area contributed by atoms with Crippen LogP contribution >= 0.6 is 0 Å². The molecule has 0 spiro atoms. The molecule has 152 valence electrons. The molecule has 0 bridgehead atoms. The maximum absolute atomic E-state index is 13.8. The van der Waals surface area contributed by atoms with Gasteiger partial charge in [0.15, 0.2) is 0 Å². The summed E-state index contributed by atoms with van der Waals surface area (Å²) >= 11 is 0. The van der Waals surface area contributed by atoms with Crippen LogP contribution in [0.2, 0.25) is 0 Å². The second-order valence-corrected chi connectivity index (χ2v) is 10.4. The van der Waals surface area contributed by atoms with Gasteiger partial charge in [-0.3, -0.25) is 4.72 Å². The molecule has 0 amide bonds. The standard InChI is InChI=1S/C18H20F2N2O4S2/c1-13-8-10-22(11-9-13)28(25,26)16-5-3-15(4-6-16)21-27(23,24)18-12-14(19)2-7-17(18)20/h2-7,12-13,21H,8-11H2,1H3. The molecule has 0 saturated carbocycles. The van der Waals surface area contributed by atoms with Crippen LogP contribution in [-0.2, 0) is 20.0 Å². The highest BCUT2D eigenvalue weighted by molar-refractivity contribution is 7.92. The van der Waals surface area contributed by atoms with Gasteiger partial charge in [-0.2, -0.15) is 4.31 Å². The van der Waals surface area contributed by atoms with Crippen molar-refractivity contribution in [3.63, 3.8) is 0 Å². The Morgan fingerprint density at radius 1 is 0.964 bits per heavy atom. The fourth-order valence-corrected chi connectivity index (χ4v) is 5.58. The first-order valence-corrected chi connectivity index (χ1v) is 11.6. The smallest absolute Gasteiger partial charge is 0.264 e. The number of sulfonamides is 2. The van der Waals surface area contributed by atoms with Crippen molar-refractivity contribution in [1.29, 1.82) is 0 Å². The number of halogens is 2. The van der Waals surface area contributed by atoms with E-state index in [9.17, 15) is 25.6 Å². The number of nitrogens with one attached hydrogen (secondary N) is 1. The molecule has 3 rings (SSSR count). The lowest BCUT2D eigenvalue weighted by molar-refractivity contribution is 0.288. The van der Waals surface area contributed by atoms with Crippen LogP contribution in [0.25, 0.3) is 0 Å². The number of rotatable bonds is 5. The normalized spacial score (nSPS) is 16.8. The number of hydrogen-bond donors (Lipinski definition) is 1. The molecule has 1 heterocycles. The van der Waals surface area contributed by atoms with Crippen molar-refractivity contribution < 1.29 is 25.6 Å². The number of anilines is 1. The van der Waals surface area contributed by atoms with E-state index in [0.29, 0.717) is 25.1 Å². The van der Waals surface area contributed by atoms with E-state index in [4.69, 9.17) is 0 Å². The van der Waals surface area contributed by atoms with Crippen molar-refractivity contribution in [3.05, 3.63) is 54.1 Å². The number of piperidine rings is 1. The zero-order valence-electron chi connectivity index (χ0n) is 15.1. The van der Waals surface area contributed by atoms with Crippen LogP contribution in [-0.4, -0.2) is 34.2 Å². The minimum Gasteiger partial charge on any atom is -0.280 e. The third-order valence-corrected chi connectivity index (χ3v) is 7.98. The van der Waals surface area contributed by atoms with Gasteiger partial charge in [-0.1, -0.05) is 6.92 Å². The zero-order valence-corrected chi connectivity index (χ0v) is 16.7. The summed E-state index contributed by atoms with van der Waals surface area (Å²) in [7, 11) is -8.03. The van der Waals surface area contributed by atoms with E-state index >= 15 is 0 Å². The van der Waals surface area contributed by atoms with Crippen LogP contribution in [0.3, 0.4) is 0 Å². The molecule has 1 saturated heterocycles. The van der Waals surface area contributed by atoms with Gasteiger partial charge in [-0.15, -0.1) is 0 Å².